The highest BCUT2D eigenvalue weighted by molar-refractivity contribution is 5.49. The van der Waals surface area contributed by atoms with Gasteiger partial charge in [-0.1, -0.05) is 0 Å². The number of benzene rings is 1. The number of hydrogen-bond donors (Lipinski definition) is 1. The second-order valence-corrected chi connectivity index (χ2v) is 2.42. The Morgan fingerprint density at radius 2 is 1.80 bits per heavy atom. The number of aromatic hydroxyl groups is 1. The summed E-state index contributed by atoms with van der Waals surface area (Å²) in [5.41, 5.74) is 0. The van der Waals surface area contributed by atoms with E-state index >= 15 is 0 Å². The highest BCUT2D eigenvalue weighted by atomic mass is 19.4. The predicted octanol–water partition coefficient (Wildman–Crippen LogP) is 1.83. The summed E-state index contributed by atoms with van der Waals surface area (Å²) in [6, 6.07) is 2.53. The van der Waals surface area contributed by atoms with Gasteiger partial charge < -0.3 is 14.6 Å². The van der Waals surface area contributed by atoms with Crippen LogP contribution in [0.25, 0.3) is 0 Å². The molecule has 0 saturated carbocycles. The predicted molar refractivity (Wildman–Crippen MR) is 41.5 cm³/mol. The lowest BCUT2D eigenvalue weighted by Gasteiger charge is -2.09. The van der Waals surface area contributed by atoms with Crippen molar-refractivity contribution in [3.8, 4) is 17.2 Å². The molecule has 0 bridgehead atoms. The molecule has 0 amide bonds. The third-order valence-corrected chi connectivity index (χ3v) is 1.28. The first-order valence-electron chi connectivity index (χ1n) is 3.61. The lowest BCUT2D eigenvalue weighted by molar-refractivity contribution is -0.274. The van der Waals surface area contributed by atoms with Crippen molar-refractivity contribution in [2.24, 2.45) is 0 Å². The van der Waals surface area contributed by atoms with Crippen LogP contribution in [0.5, 0.6) is 17.2 Å². The van der Waals surface area contributed by atoms with E-state index in [1.54, 1.807) is 0 Å². The minimum atomic E-state index is -4.87. The van der Waals surface area contributed by atoms with Gasteiger partial charge in [-0.2, -0.15) is 0 Å². The Balaban J connectivity index is 2.93. The van der Waals surface area contributed by atoms with E-state index < -0.39 is 17.9 Å². The molecule has 15 heavy (non-hydrogen) atoms. The number of phenols is 1. The Morgan fingerprint density at radius 1 is 1.20 bits per heavy atom. The molecule has 0 atom stereocenters. The molecule has 0 aliphatic heterocycles. The van der Waals surface area contributed by atoms with Gasteiger partial charge in [0.15, 0.2) is 0 Å². The summed E-state index contributed by atoms with van der Waals surface area (Å²) in [6.07, 6.45) is -4.87. The number of phenolic OH excluding ortho intramolecular Hbond substituents is 1. The van der Waals surface area contributed by atoms with Crippen LogP contribution in [-0.2, 0) is 4.79 Å². The zero-order chi connectivity index (χ0) is 11.5. The standard InChI is InChI=1S/C8H5F3O4/c9-8(10,11)15-7-2-5(13)1-6(3-7)14-4-12/h1-4,13H. The molecule has 7 heteroatoms. The first kappa shape index (κ1) is 11.2. The number of halogens is 3. The molecule has 4 nitrogen and oxygen atoms in total. The van der Waals surface area contributed by atoms with Gasteiger partial charge in [-0.15, -0.1) is 13.2 Å². The lowest BCUT2D eigenvalue weighted by atomic mass is 10.3. The Labute approximate surface area is 81.8 Å². The molecule has 1 N–H and O–H groups in total. The smallest absolute Gasteiger partial charge is 0.508 e. The van der Waals surface area contributed by atoms with Crippen molar-refractivity contribution in [3.63, 3.8) is 0 Å². The molecular weight excluding hydrogens is 217 g/mol. The lowest BCUT2D eigenvalue weighted by Crippen LogP contribution is -2.17. The molecule has 1 rings (SSSR count). The number of carbonyl (C=O) groups excluding carboxylic acids is 1. The molecular formula is C8H5F3O4. The van der Waals surface area contributed by atoms with Crippen molar-refractivity contribution >= 4 is 6.47 Å². The second kappa shape index (κ2) is 4.07. The van der Waals surface area contributed by atoms with Crippen LogP contribution in [-0.4, -0.2) is 17.9 Å². The minimum Gasteiger partial charge on any atom is -0.508 e. The first-order chi connectivity index (χ1) is 6.90. The van der Waals surface area contributed by atoms with Crippen molar-refractivity contribution < 1.29 is 32.5 Å². The molecule has 82 valence electrons. The fraction of sp³-hybridized carbons (Fsp3) is 0.125. The second-order valence-electron chi connectivity index (χ2n) is 2.42. The van der Waals surface area contributed by atoms with Crippen LogP contribution < -0.4 is 9.47 Å². The third-order valence-electron chi connectivity index (χ3n) is 1.28. The first-order valence-corrected chi connectivity index (χ1v) is 3.61. The molecule has 0 fully saturated rings. The number of rotatable bonds is 3. The quantitative estimate of drug-likeness (QED) is 0.792. The van der Waals surface area contributed by atoms with Crippen LogP contribution in [0.15, 0.2) is 18.2 Å². The average Bonchev–Trinajstić information content (AvgIpc) is 1.99. The molecule has 1 aromatic rings. The van der Waals surface area contributed by atoms with E-state index in [0.29, 0.717) is 0 Å². The summed E-state index contributed by atoms with van der Waals surface area (Å²) in [7, 11) is 0. The fourth-order valence-electron chi connectivity index (χ4n) is 0.873. The van der Waals surface area contributed by atoms with E-state index in [9.17, 15) is 18.0 Å². The normalized spacial score (nSPS) is 10.9. The minimum absolute atomic E-state index is 0.0200. The Kier molecular flexibility index (Phi) is 3.03. The van der Waals surface area contributed by atoms with Gasteiger partial charge in [-0.3, -0.25) is 4.79 Å². The largest absolute Gasteiger partial charge is 0.573 e. The van der Waals surface area contributed by atoms with Crippen molar-refractivity contribution in [1.29, 1.82) is 0 Å². The summed E-state index contributed by atoms with van der Waals surface area (Å²) < 4.78 is 43.1. The van der Waals surface area contributed by atoms with Gasteiger partial charge in [0.25, 0.3) is 6.47 Å². The average molecular weight is 222 g/mol. The number of carbonyl (C=O) groups is 1. The van der Waals surface area contributed by atoms with Crippen LogP contribution in [0.4, 0.5) is 13.2 Å². The van der Waals surface area contributed by atoms with E-state index in [1.807, 2.05) is 0 Å². The Hall–Kier alpha value is -1.92. The molecule has 0 heterocycles. The summed E-state index contributed by atoms with van der Waals surface area (Å²) in [4.78, 5) is 9.92. The maximum atomic E-state index is 11.8. The van der Waals surface area contributed by atoms with Crippen LogP contribution in [0, 0.1) is 0 Å². The highest BCUT2D eigenvalue weighted by Crippen LogP contribution is 2.30. The summed E-state index contributed by atoms with van der Waals surface area (Å²) in [5, 5.41) is 8.97. The van der Waals surface area contributed by atoms with Crippen molar-refractivity contribution in [2.75, 3.05) is 0 Å². The topological polar surface area (TPSA) is 55.8 Å². The van der Waals surface area contributed by atoms with Gasteiger partial charge in [0, 0.05) is 18.2 Å². The summed E-state index contributed by atoms with van der Waals surface area (Å²) in [5.74, 6) is -1.42. The molecule has 0 unspecified atom stereocenters. The molecule has 0 spiro atoms. The van der Waals surface area contributed by atoms with Gasteiger partial charge >= 0.3 is 6.36 Å². The zero-order valence-corrected chi connectivity index (χ0v) is 7.12. The number of ether oxygens (including phenoxy) is 2. The Bertz CT molecular complexity index is 361. The molecule has 0 saturated heterocycles. The SMILES string of the molecule is O=COc1cc(O)cc(OC(F)(F)F)c1. The third kappa shape index (κ3) is 3.75. The van der Waals surface area contributed by atoms with E-state index in [-0.39, 0.29) is 12.2 Å². The van der Waals surface area contributed by atoms with E-state index in [2.05, 4.69) is 9.47 Å². The van der Waals surface area contributed by atoms with Crippen molar-refractivity contribution in [3.05, 3.63) is 18.2 Å². The molecule has 0 aromatic heterocycles. The molecule has 0 aliphatic carbocycles. The molecule has 0 aliphatic rings. The molecule has 1 aromatic carbocycles. The van der Waals surface area contributed by atoms with Gasteiger partial charge in [0.1, 0.15) is 17.2 Å². The Morgan fingerprint density at radius 3 is 2.33 bits per heavy atom. The maximum absolute atomic E-state index is 11.8. The van der Waals surface area contributed by atoms with Crippen LogP contribution in [0.2, 0.25) is 0 Å². The van der Waals surface area contributed by atoms with Gasteiger partial charge in [0.05, 0.1) is 0 Å². The van der Waals surface area contributed by atoms with E-state index in [4.69, 9.17) is 5.11 Å². The van der Waals surface area contributed by atoms with Gasteiger partial charge in [0.2, 0.25) is 0 Å². The summed E-state index contributed by atoms with van der Waals surface area (Å²) >= 11 is 0. The molecule has 0 radical (unpaired) electrons. The van der Waals surface area contributed by atoms with Crippen LogP contribution in [0.3, 0.4) is 0 Å². The van der Waals surface area contributed by atoms with Crippen molar-refractivity contribution in [2.45, 2.75) is 6.36 Å². The zero-order valence-electron chi connectivity index (χ0n) is 7.12. The van der Waals surface area contributed by atoms with Crippen molar-refractivity contribution in [1.82, 2.24) is 0 Å². The monoisotopic (exact) mass is 222 g/mol. The highest BCUT2D eigenvalue weighted by Gasteiger charge is 2.31. The van der Waals surface area contributed by atoms with E-state index in [1.165, 1.54) is 0 Å². The van der Waals surface area contributed by atoms with Crippen LogP contribution >= 0.6 is 0 Å². The fourth-order valence-corrected chi connectivity index (χ4v) is 0.873. The van der Waals surface area contributed by atoms with Gasteiger partial charge in [-0.05, 0) is 0 Å². The van der Waals surface area contributed by atoms with E-state index in [0.717, 1.165) is 18.2 Å². The van der Waals surface area contributed by atoms with Crippen LogP contribution in [0.1, 0.15) is 0 Å². The number of hydrogen-bond acceptors (Lipinski definition) is 4. The number of alkyl halides is 3. The summed E-state index contributed by atoms with van der Waals surface area (Å²) in [6.45, 7) is 0.0200. The van der Waals surface area contributed by atoms with Gasteiger partial charge in [-0.25, -0.2) is 0 Å². The maximum Gasteiger partial charge on any atom is 0.573 e.